The lowest BCUT2D eigenvalue weighted by Gasteiger charge is -2.07. The molecule has 0 aliphatic carbocycles. The molecular formula is C9H7F4NO. The zero-order chi connectivity index (χ0) is 11.5. The lowest BCUT2D eigenvalue weighted by molar-refractivity contribution is -0.141. The predicted molar refractivity (Wildman–Crippen MR) is 43.8 cm³/mol. The summed E-state index contributed by atoms with van der Waals surface area (Å²) < 4.78 is 49.2. The van der Waals surface area contributed by atoms with Gasteiger partial charge in [-0.15, -0.1) is 0 Å². The van der Waals surface area contributed by atoms with Gasteiger partial charge >= 0.3 is 6.18 Å². The normalized spacial score (nSPS) is 13.6. The summed E-state index contributed by atoms with van der Waals surface area (Å²) in [5.41, 5.74) is -1.11. The van der Waals surface area contributed by atoms with Crippen LogP contribution in [0.5, 0.6) is 0 Å². The van der Waals surface area contributed by atoms with Crippen LogP contribution in [-0.4, -0.2) is 11.3 Å². The van der Waals surface area contributed by atoms with E-state index < -0.39 is 18.0 Å². The minimum Gasteiger partial charge on any atom is -0.303 e. The number of hydrogen-bond acceptors (Lipinski definition) is 2. The summed E-state index contributed by atoms with van der Waals surface area (Å²) in [5.74, 6) is 0. The summed E-state index contributed by atoms with van der Waals surface area (Å²) >= 11 is 0. The molecule has 0 fully saturated rings. The number of aldehydes is 1. The Morgan fingerprint density at radius 3 is 2.47 bits per heavy atom. The number of nitrogens with zero attached hydrogens (tertiary/aromatic N) is 1. The Kier molecular flexibility index (Phi) is 3.39. The molecule has 2 nitrogen and oxygen atoms in total. The number of rotatable bonds is 3. The number of carbonyl (C=O) groups excluding carboxylic acids is 1. The van der Waals surface area contributed by atoms with E-state index in [1.54, 1.807) is 0 Å². The van der Waals surface area contributed by atoms with Gasteiger partial charge in [-0.3, -0.25) is 4.98 Å². The van der Waals surface area contributed by atoms with Crippen molar-refractivity contribution in [3.63, 3.8) is 0 Å². The lowest BCUT2D eigenvalue weighted by Crippen LogP contribution is -2.08. The number of aromatic nitrogens is 1. The molecule has 0 aromatic carbocycles. The van der Waals surface area contributed by atoms with Crippen LogP contribution >= 0.6 is 0 Å². The Morgan fingerprint density at radius 2 is 2.07 bits per heavy atom. The average molecular weight is 221 g/mol. The second-order valence-corrected chi connectivity index (χ2v) is 2.84. The molecule has 1 unspecified atom stereocenters. The van der Waals surface area contributed by atoms with Crippen molar-refractivity contribution in [1.29, 1.82) is 0 Å². The van der Waals surface area contributed by atoms with Crippen molar-refractivity contribution in [1.82, 2.24) is 4.98 Å². The fourth-order valence-electron chi connectivity index (χ4n) is 0.979. The van der Waals surface area contributed by atoms with Gasteiger partial charge in [0.15, 0.2) is 0 Å². The van der Waals surface area contributed by atoms with Crippen LogP contribution in [0, 0.1) is 0 Å². The zero-order valence-corrected chi connectivity index (χ0v) is 7.46. The highest BCUT2D eigenvalue weighted by Crippen LogP contribution is 2.28. The maximum atomic E-state index is 13.0. The first-order valence-electron chi connectivity index (χ1n) is 4.06. The van der Waals surface area contributed by atoms with Crippen LogP contribution in [0.2, 0.25) is 0 Å². The van der Waals surface area contributed by atoms with Gasteiger partial charge in [-0.2, -0.15) is 13.2 Å². The van der Waals surface area contributed by atoms with Crippen molar-refractivity contribution >= 4 is 6.29 Å². The van der Waals surface area contributed by atoms with E-state index in [1.807, 2.05) is 0 Å². The van der Waals surface area contributed by atoms with Gasteiger partial charge in [-0.1, -0.05) is 6.07 Å². The van der Waals surface area contributed by atoms with E-state index in [-0.39, 0.29) is 12.0 Å². The predicted octanol–water partition coefficient (Wildman–Crippen LogP) is 2.70. The number of halogens is 4. The minimum absolute atomic E-state index is 0.0323. The highest BCUT2D eigenvalue weighted by atomic mass is 19.4. The largest absolute Gasteiger partial charge is 0.433 e. The van der Waals surface area contributed by atoms with E-state index in [1.165, 1.54) is 0 Å². The number of hydrogen-bond donors (Lipinski definition) is 0. The molecule has 1 rings (SSSR count). The van der Waals surface area contributed by atoms with E-state index in [0.29, 0.717) is 12.4 Å². The second kappa shape index (κ2) is 4.37. The van der Waals surface area contributed by atoms with E-state index in [2.05, 4.69) is 4.98 Å². The smallest absolute Gasteiger partial charge is 0.303 e. The number of alkyl halides is 4. The Morgan fingerprint density at radius 1 is 1.40 bits per heavy atom. The third-order valence-electron chi connectivity index (χ3n) is 1.74. The fourth-order valence-corrected chi connectivity index (χ4v) is 0.979. The first kappa shape index (κ1) is 11.6. The highest BCUT2D eigenvalue weighted by molar-refractivity contribution is 5.50. The standard InChI is InChI=1S/C9H7F4NO/c10-7(3-4-15)6-1-2-8(14-5-6)9(11,12)13/h1-2,4-5,7H,3H2. The molecule has 1 heterocycles. The van der Waals surface area contributed by atoms with Crippen molar-refractivity contribution in [3.8, 4) is 0 Å². The molecule has 82 valence electrons. The molecule has 0 saturated carbocycles. The van der Waals surface area contributed by atoms with Crippen LogP contribution in [0.25, 0.3) is 0 Å². The van der Waals surface area contributed by atoms with E-state index >= 15 is 0 Å². The van der Waals surface area contributed by atoms with Gasteiger partial charge in [-0.25, -0.2) is 4.39 Å². The molecule has 0 aliphatic heterocycles. The first-order chi connectivity index (χ1) is 6.95. The van der Waals surface area contributed by atoms with Gasteiger partial charge in [0.25, 0.3) is 0 Å². The van der Waals surface area contributed by atoms with E-state index in [4.69, 9.17) is 0 Å². The van der Waals surface area contributed by atoms with Gasteiger partial charge < -0.3 is 4.79 Å². The molecule has 0 bridgehead atoms. The van der Waals surface area contributed by atoms with Crippen molar-refractivity contribution in [2.75, 3.05) is 0 Å². The maximum absolute atomic E-state index is 13.0. The molecule has 0 N–H and O–H groups in total. The van der Waals surface area contributed by atoms with Gasteiger partial charge in [0.1, 0.15) is 18.2 Å². The lowest BCUT2D eigenvalue weighted by atomic mass is 10.1. The molecular weight excluding hydrogens is 214 g/mol. The second-order valence-electron chi connectivity index (χ2n) is 2.84. The first-order valence-corrected chi connectivity index (χ1v) is 4.06. The Hall–Kier alpha value is -1.46. The van der Waals surface area contributed by atoms with Crippen LogP contribution in [0.1, 0.15) is 23.8 Å². The van der Waals surface area contributed by atoms with Gasteiger partial charge in [0.2, 0.25) is 0 Å². The SMILES string of the molecule is O=CCC(F)c1ccc(C(F)(F)F)nc1. The molecule has 1 atom stereocenters. The maximum Gasteiger partial charge on any atom is 0.433 e. The van der Waals surface area contributed by atoms with Crippen molar-refractivity contribution in [2.45, 2.75) is 18.8 Å². The van der Waals surface area contributed by atoms with Gasteiger partial charge in [-0.05, 0) is 6.07 Å². The van der Waals surface area contributed by atoms with Crippen LogP contribution in [0.15, 0.2) is 18.3 Å². The molecule has 0 spiro atoms. The van der Waals surface area contributed by atoms with Crippen LogP contribution in [-0.2, 0) is 11.0 Å². The summed E-state index contributed by atoms with van der Waals surface area (Å²) in [7, 11) is 0. The van der Waals surface area contributed by atoms with Crippen LogP contribution in [0.4, 0.5) is 17.6 Å². The van der Waals surface area contributed by atoms with Crippen molar-refractivity contribution in [3.05, 3.63) is 29.6 Å². The van der Waals surface area contributed by atoms with Crippen LogP contribution < -0.4 is 0 Å². The third-order valence-corrected chi connectivity index (χ3v) is 1.74. The van der Waals surface area contributed by atoms with Crippen molar-refractivity contribution in [2.24, 2.45) is 0 Å². The third kappa shape index (κ3) is 3.00. The molecule has 6 heteroatoms. The number of pyridine rings is 1. The fraction of sp³-hybridized carbons (Fsp3) is 0.333. The molecule has 1 aromatic rings. The summed E-state index contributed by atoms with van der Waals surface area (Å²) in [6.07, 6.45) is -5.36. The molecule has 1 aromatic heterocycles. The molecule has 0 amide bonds. The summed E-state index contributed by atoms with van der Waals surface area (Å²) in [6, 6.07) is 1.66. The summed E-state index contributed by atoms with van der Waals surface area (Å²) in [5, 5.41) is 0. The van der Waals surface area contributed by atoms with Crippen LogP contribution in [0.3, 0.4) is 0 Å². The van der Waals surface area contributed by atoms with E-state index in [0.717, 1.165) is 12.3 Å². The minimum atomic E-state index is -4.53. The van der Waals surface area contributed by atoms with Gasteiger partial charge in [0, 0.05) is 18.2 Å². The highest BCUT2D eigenvalue weighted by Gasteiger charge is 2.32. The topological polar surface area (TPSA) is 30.0 Å². The zero-order valence-electron chi connectivity index (χ0n) is 7.46. The molecule has 0 radical (unpaired) electrons. The Labute approximate surface area is 82.9 Å². The average Bonchev–Trinajstić information content (AvgIpc) is 2.17. The molecule has 0 saturated heterocycles. The number of carbonyl (C=O) groups is 1. The quantitative estimate of drug-likeness (QED) is 0.580. The molecule has 0 aliphatic rings. The Bertz CT molecular complexity index is 333. The van der Waals surface area contributed by atoms with Gasteiger partial charge in [0.05, 0.1) is 0 Å². The summed E-state index contributed by atoms with van der Waals surface area (Å²) in [6.45, 7) is 0. The summed E-state index contributed by atoms with van der Waals surface area (Å²) in [4.78, 5) is 13.0. The Balaban J connectivity index is 2.85. The van der Waals surface area contributed by atoms with E-state index in [9.17, 15) is 22.4 Å². The monoisotopic (exact) mass is 221 g/mol. The molecule has 15 heavy (non-hydrogen) atoms. The van der Waals surface area contributed by atoms with Crippen molar-refractivity contribution < 1.29 is 22.4 Å².